The van der Waals surface area contributed by atoms with E-state index in [0.717, 1.165) is 4.88 Å². The third-order valence-electron chi connectivity index (χ3n) is 3.47. The number of aliphatic hydroxyl groups is 1. The summed E-state index contributed by atoms with van der Waals surface area (Å²) in [7, 11) is 0. The Bertz CT molecular complexity index is 695. The van der Waals surface area contributed by atoms with E-state index in [1.807, 2.05) is 19.1 Å². The second kappa shape index (κ2) is 8.61. The predicted octanol–water partition coefficient (Wildman–Crippen LogP) is 3.04. The van der Waals surface area contributed by atoms with Crippen LogP contribution in [0.2, 0.25) is 0 Å². The monoisotopic (exact) mass is 346 g/mol. The lowest BCUT2D eigenvalue weighted by molar-refractivity contribution is -0.114. The number of hydrogen-bond donors (Lipinski definition) is 2. The van der Waals surface area contributed by atoms with Gasteiger partial charge in [0.1, 0.15) is 0 Å². The molecule has 0 radical (unpaired) electrons. The number of amides is 2. The molecule has 2 rings (SSSR count). The number of hydrogen-bond acceptors (Lipinski definition) is 4. The Morgan fingerprint density at radius 2 is 1.88 bits per heavy atom. The van der Waals surface area contributed by atoms with Crippen LogP contribution in [0.5, 0.6) is 0 Å². The van der Waals surface area contributed by atoms with E-state index in [1.165, 1.54) is 11.8 Å². The van der Waals surface area contributed by atoms with Gasteiger partial charge >= 0.3 is 0 Å². The quantitative estimate of drug-likeness (QED) is 0.809. The Morgan fingerprint density at radius 1 is 1.17 bits per heavy atom. The van der Waals surface area contributed by atoms with Crippen molar-refractivity contribution < 1.29 is 14.7 Å². The van der Waals surface area contributed by atoms with Crippen LogP contribution < -0.4 is 5.32 Å². The van der Waals surface area contributed by atoms with Gasteiger partial charge in [-0.2, -0.15) is 0 Å². The van der Waals surface area contributed by atoms with Gasteiger partial charge < -0.3 is 15.3 Å². The lowest BCUT2D eigenvalue weighted by atomic mass is 10.1. The minimum atomic E-state index is -0.147. The molecule has 1 heterocycles. The summed E-state index contributed by atoms with van der Waals surface area (Å²) in [6.45, 7) is 4.56. The van der Waals surface area contributed by atoms with Gasteiger partial charge in [0.15, 0.2) is 0 Å². The van der Waals surface area contributed by atoms with Gasteiger partial charge in [-0.05, 0) is 49.7 Å². The summed E-state index contributed by atoms with van der Waals surface area (Å²) in [6, 6.07) is 10.9. The SMILES string of the molecule is CC(=O)Nc1ccc(C(=O)N(CCCO)Cc2ccc(C)s2)cc1. The van der Waals surface area contributed by atoms with Crippen molar-refractivity contribution in [3.8, 4) is 0 Å². The lowest BCUT2D eigenvalue weighted by Gasteiger charge is -2.22. The number of thiophene rings is 1. The number of aliphatic hydroxyl groups excluding tert-OH is 1. The van der Waals surface area contributed by atoms with E-state index in [2.05, 4.69) is 5.32 Å². The van der Waals surface area contributed by atoms with Crippen LogP contribution in [0.25, 0.3) is 0 Å². The summed E-state index contributed by atoms with van der Waals surface area (Å²) in [5.41, 5.74) is 1.23. The zero-order chi connectivity index (χ0) is 17.5. The Labute approximate surface area is 145 Å². The normalized spacial score (nSPS) is 10.5. The molecular weight excluding hydrogens is 324 g/mol. The molecule has 2 N–H and O–H groups in total. The van der Waals surface area contributed by atoms with Crippen LogP contribution in [0.4, 0.5) is 5.69 Å². The van der Waals surface area contributed by atoms with E-state index in [-0.39, 0.29) is 18.4 Å². The molecule has 0 saturated heterocycles. The van der Waals surface area contributed by atoms with E-state index in [4.69, 9.17) is 5.11 Å². The van der Waals surface area contributed by atoms with Gasteiger partial charge in [0.2, 0.25) is 5.91 Å². The van der Waals surface area contributed by atoms with Crippen LogP contribution >= 0.6 is 11.3 Å². The van der Waals surface area contributed by atoms with Crippen molar-refractivity contribution in [2.45, 2.75) is 26.8 Å². The molecule has 0 aliphatic rings. The molecule has 0 bridgehead atoms. The fraction of sp³-hybridized carbons (Fsp3) is 0.333. The first kappa shape index (κ1) is 18.2. The van der Waals surface area contributed by atoms with Crippen molar-refractivity contribution in [3.05, 3.63) is 51.7 Å². The highest BCUT2D eigenvalue weighted by Crippen LogP contribution is 2.19. The summed E-state index contributed by atoms with van der Waals surface area (Å²) in [6.07, 6.45) is 0.542. The molecule has 6 heteroatoms. The van der Waals surface area contributed by atoms with Crippen molar-refractivity contribution in [1.29, 1.82) is 0 Å². The molecule has 0 unspecified atom stereocenters. The van der Waals surface area contributed by atoms with Gasteiger partial charge in [0.05, 0.1) is 6.54 Å². The molecule has 5 nitrogen and oxygen atoms in total. The zero-order valence-corrected chi connectivity index (χ0v) is 14.7. The van der Waals surface area contributed by atoms with Crippen LogP contribution in [0.3, 0.4) is 0 Å². The van der Waals surface area contributed by atoms with Crippen molar-refractivity contribution in [2.24, 2.45) is 0 Å². The number of anilines is 1. The van der Waals surface area contributed by atoms with Crippen LogP contribution in [0.15, 0.2) is 36.4 Å². The maximum Gasteiger partial charge on any atom is 0.254 e. The fourth-order valence-electron chi connectivity index (χ4n) is 2.35. The number of benzene rings is 1. The molecule has 2 amide bonds. The first-order chi connectivity index (χ1) is 11.5. The minimum Gasteiger partial charge on any atom is -0.396 e. The van der Waals surface area contributed by atoms with Gasteiger partial charge in [-0.1, -0.05) is 0 Å². The van der Waals surface area contributed by atoms with Crippen LogP contribution in [-0.2, 0) is 11.3 Å². The molecule has 0 aliphatic heterocycles. The van der Waals surface area contributed by atoms with Crippen molar-refractivity contribution >= 4 is 28.8 Å². The second-order valence-corrected chi connectivity index (χ2v) is 6.95. The Morgan fingerprint density at radius 3 is 2.42 bits per heavy atom. The first-order valence-corrected chi connectivity index (χ1v) is 8.64. The first-order valence-electron chi connectivity index (χ1n) is 7.82. The van der Waals surface area contributed by atoms with Gasteiger partial charge in [0.25, 0.3) is 5.91 Å². The predicted molar refractivity (Wildman–Crippen MR) is 96.2 cm³/mol. The maximum absolute atomic E-state index is 12.8. The molecular formula is C18H22N2O3S. The van der Waals surface area contributed by atoms with Gasteiger partial charge in [-0.25, -0.2) is 0 Å². The topological polar surface area (TPSA) is 69.6 Å². The van der Waals surface area contributed by atoms with Crippen LogP contribution in [0.1, 0.15) is 33.5 Å². The number of nitrogens with one attached hydrogen (secondary N) is 1. The highest BCUT2D eigenvalue weighted by atomic mass is 32.1. The van der Waals surface area contributed by atoms with E-state index in [0.29, 0.717) is 30.8 Å². The largest absolute Gasteiger partial charge is 0.396 e. The molecule has 2 aromatic rings. The molecule has 128 valence electrons. The summed E-state index contributed by atoms with van der Waals surface area (Å²) in [5, 5.41) is 11.8. The van der Waals surface area contributed by atoms with E-state index >= 15 is 0 Å². The van der Waals surface area contributed by atoms with E-state index in [9.17, 15) is 9.59 Å². The average Bonchev–Trinajstić information content (AvgIpc) is 2.96. The molecule has 0 atom stereocenters. The summed E-state index contributed by atoms with van der Waals surface area (Å²) >= 11 is 1.67. The Kier molecular flexibility index (Phi) is 6.52. The van der Waals surface area contributed by atoms with Gasteiger partial charge in [-0.3, -0.25) is 9.59 Å². The number of rotatable bonds is 7. The zero-order valence-electron chi connectivity index (χ0n) is 13.9. The van der Waals surface area contributed by atoms with Crippen molar-refractivity contribution in [3.63, 3.8) is 0 Å². The number of aryl methyl sites for hydroxylation is 1. The Balaban J connectivity index is 2.12. The molecule has 1 aromatic heterocycles. The average molecular weight is 346 g/mol. The highest BCUT2D eigenvalue weighted by Gasteiger charge is 2.16. The van der Waals surface area contributed by atoms with Crippen molar-refractivity contribution in [2.75, 3.05) is 18.5 Å². The summed E-state index contributed by atoms with van der Waals surface area (Å²) in [5.74, 6) is -0.226. The fourth-order valence-corrected chi connectivity index (χ4v) is 3.26. The number of carbonyl (C=O) groups excluding carboxylic acids is 2. The molecule has 0 spiro atoms. The molecule has 0 saturated carbocycles. The van der Waals surface area contributed by atoms with E-state index < -0.39 is 0 Å². The Hall–Kier alpha value is -2.18. The van der Waals surface area contributed by atoms with Crippen molar-refractivity contribution in [1.82, 2.24) is 4.90 Å². The van der Waals surface area contributed by atoms with Gasteiger partial charge in [-0.15, -0.1) is 11.3 Å². The highest BCUT2D eigenvalue weighted by molar-refractivity contribution is 7.11. The standard InChI is InChI=1S/C18H22N2O3S/c1-13-4-9-17(24-13)12-20(10-3-11-21)18(23)15-5-7-16(8-6-15)19-14(2)22/h4-9,21H,3,10-12H2,1-2H3,(H,19,22). The second-order valence-electron chi connectivity index (χ2n) is 5.57. The lowest BCUT2D eigenvalue weighted by Crippen LogP contribution is -2.31. The third-order valence-corrected chi connectivity index (χ3v) is 4.45. The molecule has 0 aliphatic carbocycles. The third kappa shape index (κ3) is 5.18. The van der Waals surface area contributed by atoms with Gasteiger partial charge in [0, 0.05) is 41.1 Å². The van der Waals surface area contributed by atoms with Crippen LogP contribution in [0, 0.1) is 6.92 Å². The molecule has 24 heavy (non-hydrogen) atoms. The smallest absolute Gasteiger partial charge is 0.254 e. The van der Waals surface area contributed by atoms with E-state index in [1.54, 1.807) is 40.5 Å². The molecule has 1 aromatic carbocycles. The summed E-state index contributed by atoms with van der Waals surface area (Å²) in [4.78, 5) is 27.9. The molecule has 0 fully saturated rings. The maximum atomic E-state index is 12.8. The number of carbonyl (C=O) groups is 2. The van der Waals surface area contributed by atoms with Crippen LogP contribution in [-0.4, -0.2) is 35.0 Å². The summed E-state index contributed by atoms with van der Waals surface area (Å²) < 4.78 is 0. The number of nitrogens with zero attached hydrogens (tertiary/aromatic N) is 1. The minimum absolute atomic E-state index is 0.0503.